The molecule has 21 heavy (non-hydrogen) atoms. The van der Waals surface area contributed by atoms with Crippen LogP contribution >= 0.6 is 12.4 Å². The van der Waals surface area contributed by atoms with Crippen molar-refractivity contribution < 1.29 is 4.79 Å². The molecule has 0 aromatic rings. The molecule has 2 saturated carbocycles. The predicted molar refractivity (Wildman–Crippen MR) is 88.8 cm³/mol. The van der Waals surface area contributed by atoms with Crippen LogP contribution in [-0.2, 0) is 4.79 Å². The van der Waals surface area contributed by atoms with Crippen molar-refractivity contribution in [1.82, 2.24) is 10.2 Å². The Bertz CT molecular complexity index is 317. The van der Waals surface area contributed by atoms with Crippen molar-refractivity contribution in [2.75, 3.05) is 13.1 Å². The van der Waals surface area contributed by atoms with Crippen LogP contribution in [-0.4, -0.2) is 36.0 Å². The van der Waals surface area contributed by atoms with Crippen molar-refractivity contribution in [1.29, 1.82) is 0 Å². The summed E-state index contributed by atoms with van der Waals surface area (Å²) < 4.78 is 0. The van der Waals surface area contributed by atoms with E-state index in [1.165, 1.54) is 44.9 Å². The first-order valence-electron chi connectivity index (χ1n) is 8.88. The summed E-state index contributed by atoms with van der Waals surface area (Å²) in [5, 5.41) is 3.82. The van der Waals surface area contributed by atoms with Gasteiger partial charge in [0.05, 0.1) is 0 Å². The average molecular weight is 315 g/mol. The van der Waals surface area contributed by atoms with Gasteiger partial charge in [-0.25, -0.2) is 0 Å². The number of carbonyl (C=O) groups excluding carboxylic acids is 1. The maximum atomic E-state index is 12.5. The van der Waals surface area contributed by atoms with Crippen LogP contribution < -0.4 is 5.32 Å². The molecule has 1 N–H and O–H groups in total. The molecule has 3 aliphatic rings. The van der Waals surface area contributed by atoms with Gasteiger partial charge in [0.1, 0.15) is 0 Å². The number of piperidine rings is 1. The zero-order valence-electron chi connectivity index (χ0n) is 13.2. The van der Waals surface area contributed by atoms with E-state index in [2.05, 4.69) is 10.2 Å². The second-order valence-electron chi connectivity index (χ2n) is 7.08. The Morgan fingerprint density at radius 2 is 1.29 bits per heavy atom. The van der Waals surface area contributed by atoms with Gasteiger partial charge in [-0.15, -0.1) is 12.4 Å². The number of carbonyl (C=O) groups is 1. The number of nitrogens with one attached hydrogen (secondary N) is 1. The van der Waals surface area contributed by atoms with E-state index < -0.39 is 0 Å². The summed E-state index contributed by atoms with van der Waals surface area (Å²) in [6.07, 6.45) is 14.0. The van der Waals surface area contributed by atoms with E-state index in [1.54, 1.807) is 0 Å². The van der Waals surface area contributed by atoms with E-state index in [9.17, 15) is 4.79 Å². The summed E-state index contributed by atoms with van der Waals surface area (Å²) in [6.45, 7) is 1.97. The minimum Gasteiger partial charge on any atom is -0.342 e. The summed E-state index contributed by atoms with van der Waals surface area (Å²) in [6, 6.07) is 1.43. The molecule has 1 aliphatic heterocycles. The first-order valence-corrected chi connectivity index (χ1v) is 8.88. The van der Waals surface area contributed by atoms with Crippen LogP contribution in [0.5, 0.6) is 0 Å². The van der Waals surface area contributed by atoms with Gasteiger partial charge in [-0.05, 0) is 38.5 Å². The average Bonchev–Trinajstić information content (AvgIpc) is 3.01. The quantitative estimate of drug-likeness (QED) is 0.864. The number of hydrogen-bond acceptors (Lipinski definition) is 2. The van der Waals surface area contributed by atoms with Crippen LogP contribution in [0.4, 0.5) is 0 Å². The number of hydrogen-bond donors (Lipinski definition) is 1. The highest BCUT2D eigenvalue weighted by molar-refractivity contribution is 5.85. The van der Waals surface area contributed by atoms with Crippen LogP contribution in [0.2, 0.25) is 0 Å². The Morgan fingerprint density at radius 1 is 0.762 bits per heavy atom. The smallest absolute Gasteiger partial charge is 0.225 e. The lowest BCUT2D eigenvalue weighted by atomic mass is 9.87. The molecule has 1 heterocycles. The van der Waals surface area contributed by atoms with Gasteiger partial charge in [0.2, 0.25) is 5.91 Å². The molecule has 3 rings (SSSR count). The minimum atomic E-state index is 0. The molecule has 1 amide bonds. The second kappa shape index (κ2) is 8.38. The van der Waals surface area contributed by atoms with Crippen LogP contribution in [0.1, 0.15) is 70.6 Å². The van der Waals surface area contributed by atoms with E-state index in [1.807, 2.05) is 0 Å². The zero-order valence-corrected chi connectivity index (χ0v) is 14.0. The third kappa shape index (κ3) is 4.59. The van der Waals surface area contributed by atoms with E-state index in [0.29, 0.717) is 17.9 Å². The monoisotopic (exact) mass is 314 g/mol. The maximum absolute atomic E-state index is 12.5. The van der Waals surface area contributed by atoms with Gasteiger partial charge in [-0.3, -0.25) is 4.79 Å². The Labute approximate surface area is 135 Å². The summed E-state index contributed by atoms with van der Waals surface area (Å²) in [5.74, 6) is 0.812. The Hall–Kier alpha value is -0.280. The zero-order chi connectivity index (χ0) is 13.8. The van der Waals surface area contributed by atoms with Crippen LogP contribution in [0, 0.1) is 5.92 Å². The molecule has 0 atom stereocenters. The SMILES string of the molecule is Cl.O=C(C1CCCCC1)N1CCC(NC2CCCC2)CC1. The number of rotatable bonds is 3. The molecule has 122 valence electrons. The largest absolute Gasteiger partial charge is 0.342 e. The fraction of sp³-hybridized carbons (Fsp3) is 0.941. The van der Waals surface area contributed by atoms with Gasteiger partial charge in [0.15, 0.2) is 0 Å². The van der Waals surface area contributed by atoms with Crippen molar-refractivity contribution in [2.45, 2.75) is 82.7 Å². The highest BCUT2D eigenvalue weighted by Gasteiger charge is 2.29. The second-order valence-corrected chi connectivity index (χ2v) is 7.08. The third-order valence-electron chi connectivity index (χ3n) is 5.59. The lowest BCUT2D eigenvalue weighted by Crippen LogP contribution is -2.48. The number of halogens is 1. The van der Waals surface area contributed by atoms with Crippen LogP contribution in [0.15, 0.2) is 0 Å². The summed E-state index contributed by atoms with van der Waals surface area (Å²) in [4.78, 5) is 14.7. The summed E-state index contributed by atoms with van der Waals surface area (Å²) in [5.41, 5.74) is 0. The van der Waals surface area contributed by atoms with Crippen molar-refractivity contribution in [3.05, 3.63) is 0 Å². The van der Waals surface area contributed by atoms with Crippen LogP contribution in [0.3, 0.4) is 0 Å². The van der Waals surface area contributed by atoms with Gasteiger partial charge in [-0.2, -0.15) is 0 Å². The fourth-order valence-corrected chi connectivity index (χ4v) is 4.30. The van der Waals surface area contributed by atoms with Crippen molar-refractivity contribution in [2.24, 2.45) is 5.92 Å². The molecule has 0 aromatic carbocycles. The maximum Gasteiger partial charge on any atom is 0.225 e. The molecular formula is C17H31ClN2O. The molecular weight excluding hydrogens is 284 g/mol. The Kier molecular flexibility index (Phi) is 6.81. The summed E-state index contributed by atoms with van der Waals surface area (Å²) in [7, 11) is 0. The first-order chi connectivity index (χ1) is 9.83. The molecule has 2 aliphatic carbocycles. The Balaban J connectivity index is 0.00000161. The van der Waals surface area contributed by atoms with E-state index >= 15 is 0 Å². The molecule has 0 spiro atoms. The minimum absolute atomic E-state index is 0. The molecule has 1 saturated heterocycles. The molecule has 4 heteroatoms. The standard InChI is InChI=1S/C17H30N2O.ClH/c20-17(14-6-2-1-3-7-14)19-12-10-16(11-13-19)18-15-8-4-5-9-15;/h14-16,18H,1-13H2;1H. The van der Waals surface area contributed by atoms with Gasteiger partial charge >= 0.3 is 0 Å². The van der Waals surface area contributed by atoms with Gasteiger partial charge in [-0.1, -0.05) is 32.1 Å². The van der Waals surface area contributed by atoms with Crippen molar-refractivity contribution in [3.8, 4) is 0 Å². The number of nitrogens with zero attached hydrogens (tertiary/aromatic N) is 1. The predicted octanol–water partition coefficient (Wildman–Crippen LogP) is 3.51. The highest BCUT2D eigenvalue weighted by atomic mass is 35.5. The number of amides is 1. The molecule has 0 unspecified atom stereocenters. The number of likely N-dealkylation sites (tertiary alicyclic amines) is 1. The first kappa shape index (κ1) is 17.1. The lowest BCUT2D eigenvalue weighted by molar-refractivity contribution is -0.137. The fourth-order valence-electron chi connectivity index (χ4n) is 4.30. The molecule has 3 nitrogen and oxygen atoms in total. The topological polar surface area (TPSA) is 32.3 Å². The summed E-state index contributed by atoms with van der Waals surface area (Å²) >= 11 is 0. The molecule has 0 bridgehead atoms. The van der Waals surface area contributed by atoms with E-state index in [-0.39, 0.29) is 12.4 Å². The van der Waals surface area contributed by atoms with Crippen molar-refractivity contribution >= 4 is 18.3 Å². The van der Waals surface area contributed by atoms with Gasteiger partial charge in [0, 0.05) is 31.1 Å². The third-order valence-corrected chi connectivity index (χ3v) is 5.59. The lowest BCUT2D eigenvalue weighted by Gasteiger charge is -2.36. The molecule has 0 aromatic heterocycles. The highest BCUT2D eigenvalue weighted by Crippen LogP contribution is 2.27. The molecule has 0 radical (unpaired) electrons. The van der Waals surface area contributed by atoms with Gasteiger partial charge < -0.3 is 10.2 Å². The van der Waals surface area contributed by atoms with Gasteiger partial charge in [0.25, 0.3) is 0 Å². The van der Waals surface area contributed by atoms with E-state index in [0.717, 1.165) is 44.8 Å². The Morgan fingerprint density at radius 3 is 1.90 bits per heavy atom. The van der Waals surface area contributed by atoms with Crippen molar-refractivity contribution in [3.63, 3.8) is 0 Å². The van der Waals surface area contributed by atoms with Crippen LogP contribution in [0.25, 0.3) is 0 Å². The molecule has 3 fully saturated rings. The normalized spacial score (nSPS) is 25.8. The van der Waals surface area contributed by atoms with E-state index in [4.69, 9.17) is 0 Å².